The summed E-state index contributed by atoms with van der Waals surface area (Å²) in [6.07, 6.45) is 1.87. The average Bonchev–Trinajstić information content (AvgIpc) is 3.21. The van der Waals surface area contributed by atoms with Gasteiger partial charge in [0.05, 0.1) is 44.1 Å². The Hall–Kier alpha value is -5.06. The maximum absolute atomic E-state index is 13.9. The molecule has 1 heterocycles. The number of carbonyl (C=O) groups is 2. The predicted molar refractivity (Wildman–Crippen MR) is 187 cm³/mol. The third-order valence-electron chi connectivity index (χ3n) is 9.20. The van der Waals surface area contributed by atoms with Crippen molar-refractivity contribution in [2.24, 2.45) is 5.92 Å². The van der Waals surface area contributed by atoms with Gasteiger partial charge in [0.2, 0.25) is 23.0 Å². The summed E-state index contributed by atoms with van der Waals surface area (Å²) in [6, 6.07) is 13.9. The zero-order chi connectivity index (χ0) is 34.5. The van der Waals surface area contributed by atoms with Crippen LogP contribution in [0, 0.1) is 12.8 Å². The highest BCUT2D eigenvalue weighted by Crippen LogP contribution is 2.50. The van der Waals surface area contributed by atoms with Gasteiger partial charge in [0.25, 0.3) is 0 Å². The lowest BCUT2D eigenvalue weighted by Crippen LogP contribution is -2.45. The standard InChI is InChI=1S/C37H45N5O6/c1-8-21(2)34(37(45)38-17-18-42-22(3)39-28-11-9-10-12-30(28)42)41-29-16-14-25-26(20-31(29)44)27(40-23(4)43)15-13-24-19-32(46-5)35(47-6)36(48-7)33(24)25/h9-12,14,16,19-21,27,34H,8,13,15,17-18H2,1-7H3,(H,38,45)(H,40,43)(H,41,44). The van der Waals surface area contributed by atoms with Gasteiger partial charge in [0.15, 0.2) is 11.5 Å². The molecule has 254 valence electrons. The van der Waals surface area contributed by atoms with Gasteiger partial charge < -0.3 is 34.7 Å². The number of nitrogens with one attached hydrogen (secondary N) is 3. The van der Waals surface area contributed by atoms with Gasteiger partial charge >= 0.3 is 0 Å². The van der Waals surface area contributed by atoms with Crippen LogP contribution in [-0.4, -0.2) is 55.3 Å². The second-order valence-electron chi connectivity index (χ2n) is 12.2. The summed E-state index contributed by atoms with van der Waals surface area (Å²) in [5.74, 6) is 1.83. The van der Waals surface area contributed by atoms with E-state index in [1.807, 2.05) is 57.2 Å². The number of anilines is 1. The molecule has 11 nitrogen and oxygen atoms in total. The van der Waals surface area contributed by atoms with Gasteiger partial charge in [-0.1, -0.05) is 38.5 Å². The molecule has 1 aliphatic carbocycles. The first-order valence-electron chi connectivity index (χ1n) is 16.3. The quantitative estimate of drug-likeness (QED) is 0.191. The van der Waals surface area contributed by atoms with Crippen molar-refractivity contribution < 1.29 is 23.8 Å². The molecule has 3 N–H and O–H groups in total. The Morgan fingerprint density at radius 1 is 1.04 bits per heavy atom. The summed E-state index contributed by atoms with van der Waals surface area (Å²) in [5.41, 5.74) is 4.98. The summed E-state index contributed by atoms with van der Waals surface area (Å²) in [7, 11) is 4.68. The first-order chi connectivity index (χ1) is 23.1. The Kier molecular flexibility index (Phi) is 10.6. The Morgan fingerprint density at radius 2 is 1.79 bits per heavy atom. The molecule has 0 radical (unpaired) electrons. The molecule has 3 atom stereocenters. The monoisotopic (exact) mass is 655 g/mol. The molecule has 0 fully saturated rings. The first kappa shape index (κ1) is 34.3. The van der Waals surface area contributed by atoms with Crippen LogP contribution in [0.3, 0.4) is 0 Å². The number of imidazole rings is 1. The Labute approximate surface area is 281 Å². The number of benzene rings is 2. The molecule has 11 heteroatoms. The van der Waals surface area contributed by atoms with Crippen LogP contribution in [0.15, 0.2) is 53.3 Å². The third kappa shape index (κ3) is 6.81. The van der Waals surface area contributed by atoms with Crippen molar-refractivity contribution in [3.63, 3.8) is 0 Å². The van der Waals surface area contributed by atoms with Gasteiger partial charge in [-0.25, -0.2) is 4.98 Å². The number of fused-ring (bicyclic) bond motifs is 4. The van der Waals surface area contributed by atoms with E-state index in [9.17, 15) is 14.4 Å². The van der Waals surface area contributed by atoms with Crippen molar-refractivity contribution >= 4 is 28.5 Å². The van der Waals surface area contributed by atoms with Gasteiger partial charge in [-0.05, 0) is 72.7 Å². The minimum atomic E-state index is -0.664. The summed E-state index contributed by atoms with van der Waals surface area (Å²) in [5, 5.41) is 9.39. The minimum absolute atomic E-state index is 0.0757. The van der Waals surface area contributed by atoms with E-state index in [1.165, 1.54) is 6.92 Å². The third-order valence-corrected chi connectivity index (χ3v) is 9.20. The fraction of sp³-hybridized carbons (Fsp3) is 0.405. The fourth-order valence-corrected chi connectivity index (χ4v) is 6.58. The molecule has 5 rings (SSSR count). The van der Waals surface area contributed by atoms with Crippen LogP contribution in [0.25, 0.3) is 22.2 Å². The summed E-state index contributed by atoms with van der Waals surface area (Å²) < 4.78 is 19.3. The van der Waals surface area contributed by atoms with Gasteiger partial charge in [0, 0.05) is 25.6 Å². The number of ether oxygens (including phenoxy) is 3. The molecule has 3 unspecified atom stereocenters. The van der Waals surface area contributed by atoms with Crippen LogP contribution < -0.4 is 35.6 Å². The number of carbonyl (C=O) groups excluding carboxylic acids is 2. The number of hydrogen-bond donors (Lipinski definition) is 3. The lowest BCUT2D eigenvalue weighted by atomic mass is 9.95. The fourth-order valence-electron chi connectivity index (χ4n) is 6.58. The van der Waals surface area contributed by atoms with Crippen LogP contribution in [0.1, 0.15) is 56.6 Å². The van der Waals surface area contributed by atoms with Crippen molar-refractivity contribution in [2.75, 3.05) is 33.2 Å². The highest BCUT2D eigenvalue weighted by Gasteiger charge is 2.30. The normalized spacial score (nSPS) is 14.9. The number of aromatic nitrogens is 2. The average molecular weight is 656 g/mol. The van der Waals surface area contributed by atoms with Crippen molar-refractivity contribution in [2.45, 2.75) is 65.6 Å². The molecule has 0 saturated heterocycles. The molecule has 48 heavy (non-hydrogen) atoms. The molecule has 0 bridgehead atoms. The van der Waals surface area contributed by atoms with E-state index in [0.29, 0.717) is 48.7 Å². The molecule has 1 aliphatic rings. The van der Waals surface area contributed by atoms with Crippen molar-refractivity contribution in [1.82, 2.24) is 20.2 Å². The Balaban J connectivity index is 1.50. The van der Waals surface area contributed by atoms with Crippen LogP contribution >= 0.6 is 0 Å². The largest absolute Gasteiger partial charge is 0.493 e. The van der Waals surface area contributed by atoms with E-state index in [0.717, 1.165) is 40.0 Å². The first-order valence-corrected chi connectivity index (χ1v) is 16.3. The number of methoxy groups -OCH3 is 3. The Morgan fingerprint density at radius 3 is 2.48 bits per heavy atom. The molecule has 0 saturated carbocycles. The number of nitrogens with zero attached hydrogens (tertiary/aromatic N) is 2. The number of aryl methyl sites for hydroxylation is 2. The number of amides is 2. The molecule has 1 aromatic heterocycles. The predicted octanol–water partition coefficient (Wildman–Crippen LogP) is 5.16. The number of rotatable bonds is 12. The maximum Gasteiger partial charge on any atom is 0.242 e. The maximum atomic E-state index is 13.9. The van der Waals surface area contributed by atoms with Crippen LogP contribution in [-0.2, 0) is 22.6 Å². The van der Waals surface area contributed by atoms with Gasteiger partial charge in [-0.2, -0.15) is 0 Å². The highest BCUT2D eigenvalue weighted by atomic mass is 16.5. The topological polar surface area (TPSA) is 133 Å². The SMILES string of the molecule is CCC(C)C(Nc1ccc2c(cc1=O)C(NC(C)=O)CCc1cc(OC)c(OC)c(OC)c1-2)C(=O)NCCn1c(C)nc2ccccc21. The molecular weight excluding hydrogens is 610 g/mol. The highest BCUT2D eigenvalue weighted by molar-refractivity contribution is 5.86. The van der Waals surface area contributed by atoms with Crippen molar-refractivity contribution in [1.29, 1.82) is 0 Å². The van der Waals surface area contributed by atoms with E-state index in [2.05, 4.69) is 25.5 Å². The van der Waals surface area contributed by atoms with Crippen LogP contribution in [0.4, 0.5) is 5.69 Å². The summed E-state index contributed by atoms with van der Waals surface area (Å²) >= 11 is 0. The van der Waals surface area contributed by atoms with E-state index in [-0.39, 0.29) is 28.8 Å². The minimum Gasteiger partial charge on any atom is -0.493 e. The molecule has 4 aromatic rings. The number of hydrogen-bond acceptors (Lipinski definition) is 8. The second-order valence-corrected chi connectivity index (χ2v) is 12.2. The smallest absolute Gasteiger partial charge is 0.242 e. The van der Waals surface area contributed by atoms with Crippen LogP contribution in [0.5, 0.6) is 17.2 Å². The Bertz CT molecular complexity index is 1890. The van der Waals surface area contributed by atoms with E-state index < -0.39 is 12.1 Å². The molecule has 3 aromatic carbocycles. The van der Waals surface area contributed by atoms with E-state index in [4.69, 9.17) is 14.2 Å². The van der Waals surface area contributed by atoms with Gasteiger partial charge in [-0.15, -0.1) is 0 Å². The van der Waals surface area contributed by atoms with E-state index >= 15 is 0 Å². The van der Waals surface area contributed by atoms with Crippen molar-refractivity contribution in [3.05, 3.63) is 75.7 Å². The summed E-state index contributed by atoms with van der Waals surface area (Å²) in [4.78, 5) is 44.5. The molecule has 0 spiro atoms. The van der Waals surface area contributed by atoms with Crippen molar-refractivity contribution in [3.8, 4) is 28.4 Å². The second kappa shape index (κ2) is 14.8. The zero-order valence-electron chi connectivity index (χ0n) is 28.7. The van der Waals surface area contributed by atoms with Gasteiger partial charge in [-0.3, -0.25) is 14.4 Å². The van der Waals surface area contributed by atoms with E-state index in [1.54, 1.807) is 33.5 Å². The lowest BCUT2D eigenvalue weighted by Gasteiger charge is -2.24. The van der Waals surface area contributed by atoms with Crippen LogP contribution in [0.2, 0.25) is 0 Å². The lowest BCUT2D eigenvalue weighted by molar-refractivity contribution is -0.123. The zero-order valence-corrected chi connectivity index (χ0v) is 28.7. The number of para-hydroxylation sites is 2. The summed E-state index contributed by atoms with van der Waals surface area (Å²) in [6.45, 7) is 8.38. The molecular formula is C37H45N5O6. The molecule has 2 amide bonds. The molecule has 0 aliphatic heterocycles. The van der Waals surface area contributed by atoms with Gasteiger partial charge in [0.1, 0.15) is 11.9 Å².